The third-order valence-corrected chi connectivity index (χ3v) is 6.39. The number of piperidine rings is 1. The summed E-state index contributed by atoms with van der Waals surface area (Å²) in [6.07, 6.45) is 4.11. The Morgan fingerprint density at radius 1 is 1.28 bits per heavy atom. The minimum absolute atomic E-state index is 0. The lowest BCUT2D eigenvalue weighted by molar-refractivity contribution is 0.250. The molecule has 6 nitrogen and oxygen atoms in total. The first-order valence-electron chi connectivity index (χ1n) is 7.95. The first-order valence-corrected chi connectivity index (χ1v) is 9.39. The summed E-state index contributed by atoms with van der Waals surface area (Å²) in [5, 5.41) is 4.00. The second-order valence-corrected chi connectivity index (χ2v) is 8.11. The fourth-order valence-electron chi connectivity index (χ4n) is 3.00. The summed E-state index contributed by atoms with van der Waals surface area (Å²) in [5.74, 6) is -0.111. The Kier molecular flexibility index (Phi) is 6.21. The van der Waals surface area contributed by atoms with E-state index in [1.165, 1.54) is 27.4 Å². The minimum Gasteiger partial charge on any atom is -0.328 e. The van der Waals surface area contributed by atoms with Gasteiger partial charge in [-0.3, -0.25) is 0 Å². The van der Waals surface area contributed by atoms with Crippen molar-refractivity contribution < 1.29 is 12.8 Å². The standard InChI is InChI=1S/C16H21FN4O2S.ClH/c1-12(18)13-6-8-20(9-7-13)24(22,23)14-10-19-21(11-14)16-5-3-2-4-15(16)17;/h2-5,10-13H,6-9,18H2,1H3;1H. The second-order valence-electron chi connectivity index (χ2n) is 6.17. The molecule has 138 valence electrons. The molecule has 0 saturated carbocycles. The highest BCUT2D eigenvalue weighted by molar-refractivity contribution is 7.89. The Balaban J connectivity index is 0.00000225. The van der Waals surface area contributed by atoms with E-state index in [4.69, 9.17) is 5.73 Å². The van der Waals surface area contributed by atoms with Crippen LogP contribution in [0.15, 0.2) is 41.6 Å². The zero-order valence-electron chi connectivity index (χ0n) is 13.9. The number of nitrogens with zero attached hydrogens (tertiary/aromatic N) is 3. The Bertz CT molecular complexity index is 817. The number of nitrogens with two attached hydrogens (primary N) is 1. The van der Waals surface area contributed by atoms with Crippen molar-refractivity contribution in [1.29, 1.82) is 0 Å². The van der Waals surface area contributed by atoms with Crippen molar-refractivity contribution in [3.63, 3.8) is 0 Å². The minimum atomic E-state index is -3.62. The fraction of sp³-hybridized carbons (Fsp3) is 0.438. The van der Waals surface area contributed by atoms with Crippen LogP contribution in [0.3, 0.4) is 0 Å². The molecule has 9 heteroatoms. The van der Waals surface area contributed by atoms with Crippen molar-refractivity contribution in [3.05, 3.63) is 42.5 Å². The van der Waals surface area contributed by atoms with Crippen LogP contribution >= 0.6 is 12.4 Å². The first kappa shape index (κ1) is 19.8. The monoisotopic (exact) mass is 388 g/mol. The third-order valence-electron chi connectivity index (χ3n) is 4.54. The zero-order valence-corrected chi connectivity index (χ0v) is 15.5. The molecule has 2 aromatic rings. The van der Waals surface area contributed by atoms with Crippen LogP contribution < -0.4 is 5.73 Å². The van der Waals surface area contributed by atoms with Gasteiger partial charge in [0.25, 0.3) is 0 Å². The molecule has 0 spiro atoms. The van der Waals surface area contributed by atoms with Gasteiger partial charge in [0, 0.05) is 19.1 Å². The second kappa shape index (κ2) is 7.82. The fourth-order valence-corrected chi connectivity index (χ4v) is 4.40. The molecule has 1 aromatic carbocycles. The van der Waals surface area contributed by atoms with Gasteiger partial charge < -0.3 is 5.73 Å². The molecule has 0 radical (unpaired) electrons. The van der Waals surface area contributed by atoms with E-state index in [0.29, 0.717) is 19.0 Å². The number of hydrogen-bond donors (Lipinski definition) is 1. The van der Waals surface area contributed by atoms with Crippen molar-refractivity contribution >= 4 is 22.4 Å². The normalized spacial score (nSPS) is 17.9. The van der Waals surface area contributed by atoms with E-state index in [-0.39, 0.29) is 29.0 Å². The van der Waals surface area contributed by atoms with Crippen LogP contribution in [0.2, 0.25) is 0 Å². The number of para-hydroxylation sites is 1. The highest BCUT2D eigenvalue weighted by Gasteiger charge is 2.31. The molecule has 1 atom stereocenters. The maximum atomic E-state index is 13.8. The molecule has 2 heterocycles. The molecule has 3 rings (SSSR count). The van der Waals surface area contributed by atoms with Gasteiger partial charge in [0.05, 0.1) is 12.4 Å². The van der Waals surface area contributed by atoms with E-state index in [2.05, 4.69) is 5.10 Å². The van der Waals surface area contributed by atoms with E-state index in [9.17, 15) is 12.8 Å². The van der Waals surface area contributed by atoms with Gasteiger partial charge >= 0.3 is 0 Å². The smallest absolute Gasteiger partial charge is 0.246 e. The first-order chi connectivity index (χ1) is 11.4. The van der Waals surface area contributed by atoms with Crippen molar-refractivity contribution in [1.82, 2.24) is 14.1 Å². The van der Waals surface area contributed by atoms with Crippen LogP contribution in [-0.2, 0) is 10.0 Å². The number of halogens is 2. The summed E-state index contributed by atoms with van der Waals surface area (Å²) in [7, 11) is -3.62. The van der Waals surface area contributed by atoms with Gasteiger partial charge in [0.15, 0.2) is 0 Å². The van der Waals surface area contributed by atoms with E-state index in [1.807, 2.05) is 6.92 Å². The molecule has 2 N–H and O–H groups in total. The molecule has 1 aliphatic heterocycles. The maximum absolute atomic E-state index is 13.8. The average Bonchev–Trinajstić information content (AvgIpc) is 3.06. The van der Waals surface area contributed by atoms with E-state index < -0.39 is 15.8 Å². The summed E-state index contributed by atoms with van der Waals surface area (Å²) in [4.78, 5) is 0.0741. The summed E-state index contributed by atoms with van der Waals surface area (Å²) in [5.41, 5.74) is 6.12. The molecule has 1 aromatic heterocycles. The van der Waals surface area contributed by atoms with Crippen LogP contribution in [-0.4, -0.2) is 41.6 Å². The van der Waals surface area contributed by atoms with Gasteiger partial charge in [-0.15, -0.1) is 12.4 Å². The molecule has 1 aliphatic rings. The lowest BCUT2D eigenvalue weighted by atomic mass is 9.92. The van der Waals surface area contributed by atoms with Gasteiger partial charge in [-0.25, -0.2) is 17.5 Å². The lowest BCUT2D eigenvalue weighted by Gasteiger charge is -2.32. The third kappa shape index (κ3) is 4.03. The largest absolute Gasteiger partial charge is 0.328 e. The average molecular weight is 389 g/mol. The van der Waals surface area contributed by atoms with E-state index in [0.717, 1.165) is 12.8 Å². The zero-order chi connectivity index (χ0) is 17.3. The number of sulfonamides is 1. The van der Waals surface area contributed by atoms with Crippen molar-refractivity contribution in [2.75, 3.05) is 13.1 Å². The van der Waals surface area contributed by atoms with Gasteiger partial charge in [-0.1, -0.05) is 12.1 Å². The molecule has 0 amide bonds. The lowest BCUT2D eigenvalue weighted by Crippen LogP contribution is -2.42. The summed E-state index contributed by atoms with van der Waals surface area (Å²) in [6.45, 7) is 2.84. The number of benzene rings is 1. The molecular formula is C16H22ClFN4O2S. The predicted octanol–water partition coefficient (Wildman–Crippen LogP) is 2.18. The predicted molar refractivity (Wildman–Crippen MR) is 95.9 cm³/mol. The summed E-state index contributed by atoms with van der Waals surface area (Å²) < 4.78 is 42.0. The molecule has 0 aliphatic carbocycles. The van der Waals surface area contributed by atoms with Crippen molar-refractivity contribution in [2.24, 2.45) is 11.7 Å². The number of aromatic nitrogens is 2. The van der Waals surface area contributed by atoms with E-state index >= 15 is 0 Å². The Morgan fingerprint density at radius 3 is 2.52 bits per heavy atom. The Morgan fingerprint density at radius 2 is 1.92 bits per heavy atom. The van der Waals surface area contributed by atoms with Crippen molar-refractivity contribution in [2.45, 2.75) is 30.7 Å². The van der Waals surface area contributed by atoms with Gasteiger partial charge in [-0.2, -0.15) is 9.40 Å². The van der Waals surface area contributed by atoms with Crippen LogP contribution in [0.5, 0.6) is 0 Å². The van der Waals surface area contributed by atoms with E-state index in [1.54, 1.807) is 18.2 Å². The molecule has 0 bridgehead atoms. The Hall–Kier alpha value is -1.48. The number of rotatable bonds is 4. The van der Waals surface area contributed by atoms with Crippen LogP contribution in [0, 0.1) is 11.7 Å². The van der Waals surface area contributed by atoms with Crippen molar-refractivity contribution in [3.8, 4) is 5.69 Å². The van der Waals surface area contributed by atoms with Gasteiger partial charge in [0.1, 0.15) is 16.4 Å². The highest BCUT2D eigenvalue weighted by Crippen LogP contribution is 2.25. The maximum Gasteiger partial charge on any atom is 0.246 e. The molecule has 1 saturated heterocycles. The SMILES string of the molecule is CC(N)C1CCN(S(=O)(=O)c2cnn(-c3ccccc3F)c2)CC1.Cl. The van der Waals surface area contributed by atoms with Gasteiger partial charge in [0.2, 0.25) is 10.0 Å². The summed E-state index contributed by atoms with van der Waals surface area (Å²) >= 11 is 0. The quantitative estimate of drug-likeness (QED) is 0.870. The van der Waals surface area contributed by atoms with Crippen LogP contribution in [0.25, 0.3) is 5.69 Å². The van der Waals surface area contributed by atoms with Gasteiger partial charge in [-0.05, 0) is 37.8 Å². The highest BCUT2D eigenvalue weighted by atomic mass is 35.5. The molecular weight excluding hydrogens is 367 g/mol. The topological polar surface area (TPSA) is 81.2 Å². The Labute approximate surface area is 153 Å². The summed E-state index contributed by atoms with van der Waals surface area (Å²) in [6, 6.07) is 6.17. The number of hydrogen-bond acceptors (Lipinski definition) is 4. The molecule has 1 unspecified atom stereocenters. The molecule has 1 fully saturated rings. The van der Waals surface area contributed by atoms with Crippen LogP contribution in [0.4, 0.5) is 4.39 Å². The van der Waals surface area contributed by atoms with Crippen LogP contribution in [0.1, 0.15) is 19.8 Å². The molecule has 25 heavy (non-hydrogen) atoms.